The molecule has 1 radical (unpaired) electrons. The quantitative estimate of drug-likeness (QED) is 0.400. The van der Waals surface area contributed by atoms with Gasteiger partial charge in [-0.3, -0.25) is 0 Å². The first kappa shape index (κ1) is 6.31. The van der Waals surface area contributed by atoms with Crippen molar-refractivity contribution in [2.75, 3.05) is 7.11 Å². The van der Waals surface area contributed by atoms with Crippen LogP contribution in [0.4, 0.5) is 0 Å². The van der Waals surface area contributed by atoms with Crippen molar-refractivity contribution in [1.82, 2.24) is 0 Å². The average Bonchev–Trinajstić information content (AvgIpc) is 1.61. The molecule has 0 aromatic carbocycles. The summed E-state index contributed by atoms with van der Waals surface area (Å²) in [6.45, 7) is 2.08. The molecule has 0 aromatic rings. The van der Waals surface area contributed by atoms with Gasteiger partial charge in [0.25, 0.3) is 0 Å². The zero-order valence-electron chi connectivity index (χ0n) is 4.10. The first-order chi connectivity index (χ1) is 2.91. The summed E-state index contributed by atoms with van der Waals surface area (Å²) in [5.41, 5.74) is 0. The van der Waals surface area contributed by atoms with Crippen molar-refractivity contribution in [3.63, 3.8) is 0 Å². The lowest BCUT2D eigenvalue weighted by molar-refractivity contribution is 0.492. The Bertz CT molecular complexity index is 19.5. The van der Waals surface area contributed by atoms with E-state index in [0.717, 1.165) is 6.42 Å². The van der Waals surface area contributed by atoms with Crippen LogP contribution in [0, 0.1) is 5.75 Å². The molecule has 0 aliphatic rings. The van der Waals surface area contributed by atoms with Crippen LogP contribution in [-0.2, 0) is 4.18 Å². The van der Waals surface area contributed by atoms with Crippen LogP contribution in [0.5, 0.6) is 0 Å². The Morgan fingerprint density at radius 2 is 2.50 bits per heavy atom. The highest BCUT2D eigenvalue weighted by Gasteiger charge is 1.76. The monoisotopic (exact) mass is 105 g/mol. The van der Waals surface area contributed by atoms with Crippen molar-refractivity contribution in [3.8, 4) is 0 Å². The van der Waals surface area contributed by atoms with E-state index in [1.807, 2.05) is 5.75 Å². The zero-order valence-corrected chi connectivity index (χ0v) is 4.92. The van der Waals surface area contributed by atoms with Gasteiger partial charge in [0, 0.05) is 5.75 Å². The van der Waals surface area contributed by atoms with Crippen LogP contribution in [0.2, 0.25) is 0 Å². The second kappa shape index (κ2) is 5.31. The summed E-state index contributed by atoms with van der Waals surface area (Å²) >= 11 is 1.38. The highest BCUT2D eigenvalue weighted by Crippen LogP contribution is 2.05. The molecule has 0 N–H and O–H groups in total. The minimum atomic E-state index is 1.07. The molecule has 0 rings (SSSR count). The van der Waals surface area contributed by atoms with Crippen molar-refractivity contribution in [3.05, 3.63) is 5.75 Å². The molecule has 1 nitrogen and oxygen atoms in total. The van der Waals surface area contributed by atoms with Gasteiger partial charge in [-0.05, 0) is 18.5 Å². The molecule has 2 heteroatoms. The standard InChI is InChI=1S/C4H9OS/c1-3-4-6-5-2/h4H,3H2,1-2H3. The maximum Gasteiger partial charge on any atom is 0.0503 e. The normalized spacial score (nSPS) is 9.00. The molecule has 37 valence electrons. The smallest absolute Gasteiger partial charge is 0.0503 e. The Morgan fingerprint density at radius 3 is 2.67 bits per heavy atom. The van der Waals surface area contributed by atoms with E-state index in [1.54, 1.807) is 7.11 Å². The summed E-state index contributed by atoms with van der Waals surface area (Å²) in [4.78, 5) is 0. The Kier molecular flexibility index (Phi) is 5.58. The number of hydrogen-bond donors (Lipinski definition) is 0. The van der Waals surface area contributed by atoms with Crippen LogP contribution >= 0.6 is 12.0 Å². The van der Waals surface area contributed by atoms with Gasteiger partial charge in [0.1, 0.15) is 0 Å². The van der Waals surface area contributed by atoms with E-state index < -0.39 is 0 Å². The molecular weight excluding hydrogens is 96.1 g/mol. The van der Waals surface area contributed by atoms with Gasteiger partial charge in [-0.15, -0.1) is 0 Å². The Hall–Kier alpha value is 0.310. The lowest BCUT2D eigenvalue weighted by atomic mass is 10.6. The van der Waals surface area contributed by atoms with E-state index in [0.29, 0.717) is 0 Å². The van der Waals surface area contributed by atoms with Crippen LogP contribution < -0.4 is 0 Å². The van der Waals surface area contributed by atoms with Gasteiger partial charge in [-0.2, -0.15) is 0 Å². The molecular formula is C4H9OS. The first-order valence-corrected chi connectivity index (χ1v) is 2.73. The lowest BCUT2D eigenvalue weighted by Gasteiger charge is -1.87. The van der Waals surface area contributed by atoms with E-state index in [9.17, 15) is 0 Å². The van der Waals surface area contributed by atoms with Crippen molar-refractivity contribution in [2.24, 2.45) is 0 Å². The second-order valence-electron chi connectivity index (χ2n) is 0.838. The molecule has 6 heavy (non-hydrogen) atoms. The fourth-order valence-corrected chi connectivity index (χ4v) is 0.408. The average molecular weight is 105 g/mol. The minimum absolute atomic E-state index is 1.07. The minimum Gasteiger partial charge on any atom is -0.318 e. The molecule has 0 spiro atoms. The largest absolute Gasteiger partial charge is 0.318 e. The topological polar surface area (TPSA) is 9.23 Å². The Morgan fingerprint density at radius 1 is 1.83 bits per heavy atom. The molecule has 0 aliphatic carbocycles. The highest BCUT2D eigenvalue weighted by molar-refractivity contribution is 7.96. The first-order valence-electron chi connectivity index (χ1n) is 1.93. The van der Waals surface area contributed by atoms with Crippen LogP contribution in [0.3, 0.4) is 0 Å². The Labute approximate surface area is 43.3 Å². The molecule has 0 unspecified atom stereocenters. The van der Waals surface area contributed by atoms with E-state index in [4.69, 9.17) is 0 Å². The molecule has 0 aromatic heterocycles. The SMILES string of the molecule is CC[CH]SOC. The van der Waals surface area contributed by atoms with Crippen molar-refractivity contribution in [2.45, 2.75) is 13.3 Å². The summed E-state index contributed by atoms with van der Waals surface area (Å²) in [6.07, 6.45) is 1.07. The highest BCUT2D eigenvalue weighted by atomic mass is 32.2. The number of rotatable bonds is 3. The van der Waals surface area contributed by atoms with Gasteiger partial charge < -0.3 is 4.18 Å². The maximum absolute atomic E-state index is 4.64. The van der Waals surface area contributed by atoms with E-state index in [2.05, 4.69) is 11.1 Å². The van der Waals surface area contributed by atoms with Crippen molar-refractivity contribution in [1.29, 1.82) is 0 Å². The lowest BCUT2D eigenvalue weighted by Crippen LogP contribution is -1.63. The van der Waals surface area contributed by atoms with Crippen LogP contribution in [0.1, 0.15) is 13.3 Å². The summed E-state index contributed by atoms with van der Waals surface area (Å²) in [7, 11) is 1.66. The predicted octanol–water partition coefficient (Wildman–Crippen LogP) is 1.85. The number of hydrogen-bond acceptors (Lipinski definition) is 2. The molecule has 0 aliphatic heterocycles. The van der Waals surface area contributed by atoms with Gasteiger partial charge in [0.2, 0.25) is 0 Å². The van der Waals surface area contributed by atoms with E-state index in [1.165, 1.54) is 12.0 Å². The molecule has 0 amide bonds. The third-order valence-corrected chi connectivity index (χ3v) is 0.993. The summed E-state index contributed by atoms with van der Waals surface area (Å²) in [6, 6.07) is 0. The van der Waals surface area contributed by atoms with Crippen molar-refractivity contribution < 1.29 is 4.18 Å². The maximum atomic E-state index is 4.64. The van der Waals surface area contributed by atoms with E-state index in [-0.39, 0.29) is 0 Å². The molecule has 0 atom stereocenters. The zero-order chi connectivity index (χ0) is 4.83. The van der Waals surface area contributed by atoms with Crippen LogP contribution in [0.25, 0.3) is 0 Å². The third kappa shape index (κ3) is 4.31. The molecule has 0 bridgehead atoms. The molecule has 0 heterocycles. The Balaban J connectivity index is 2.34. The fourth-order valence-electron chi connectivity index (χ4n) is 0.136. The summed E-state index contributed by atoms with van der Waals surface area (Å²) in [5.74, 6) is 2.00. The fraction of sp³-hybridized carbons (Fsp3) is 0.750. The second-order valence-corrected chi connectivity index (χ2v) is 1.70. The van der Waals surface area contributed by atoms with Crippen molar-refractivity contribution >= 4 is 12.0 Å². The van der Waals surface area contributed by atoms with Gasteiger partial charge in [0.15, 0.2) is 0 Å². The van der Waals surface area contributed by atoms with Crippen LogP contribution in [0.15, 0.2) is 0 Å². The third-order valence-electron chi connectivity index (χ3n) is 0.331. The van der Waals surface area contributed by atoms with Crippen LogP contribution in [-0.4, -0.2) is 7.11 Å². The summed E-state index contributed by atoms with van der Waals surface area (Å²) in [5, 5.41) is 0. The van der Waals surface area contributed by atoms with Gasteiger partial charge in [-0.25, -0.2) is 0 Å². The molecule has 0 fully saturated rings. The van der Waals surface area contributed by atoms with Gasteiger partial charge >= 0.3 is 0 Å². The van der Waals surface area contributed by atoms with Gasteiger partial charge in [0.05, 0.1) is 7.11 Å². The molecule has 0 saturated heterocycles. The molecule has 0 saturated carbocycles. The van der Waals surface area contributed by atoms with E-state index >= 15 is 0 Å². The van der Waals surface area contributed by atoms with Gasteiger partial charge in [-0.1, -0.05) is 6.92 Å². The predicted molar refractivity (Wildman–Crippen MR) is 29.2 cm³/mol. The summed E-state index contributed by atoms with van der Waals surface area (Å²) < 4.78 is 4.64.